The molecule has 1 amide bonds. The van der Waals surface area contributed by atoms with E-state index in [9.17, 15) is 13.2 Å². The summed E-state index contributed by atoms with van der Waals surface area (Å²) in [5.41, 5.74) is 2.67. The van der Waals surface area contributed by atoms with Crippen LogP contribution >= 0.6 is 0 Å². The van der Waals surface area contributed by atoms with Gasteiger partial charge in [-0.15, -0.1) is 0 Å². The van der Waals surface area contributed by atoms with Gasteiger partial charge >= 0.3 is 0 Å². The minimum absolute atomic E-state index is 0.0661. The maximum Gasteiger partial charge on any atom is 0.254 e. The second-order valence-corrected chi connectivity index (χ2v) is 8.38. The summed E-state index contributed by atoms with van der Waals surface area (Å²) < 4.78 is 28.7. The lowest BCUT2D eigenvalue weighted by atomic mass is 10.0. The minimum atomic E-state index is -3.03. The van der Waals surface area contributed by atoms with E-state index in [0.29, 0.717) is 31.6 Å². The first-order chi connectivity index (χ1) is 10.9. The van der Waals surface area contributed by atoms with Crippen LogP contribution in [0.5, 0.6) is 0 Å². The highest BCUT2D eigenvalue weighted by molar-refractivity contribution is 7.91. The summed E-state index contributed by atoms with van der Waals surface area (Å²) in [4.78, 5) is 14.7. The van der Waals surface area contributed by atoms with Crippen molar-refractivity contribution in [1.29, 1.82) is 0 Å². The van der Waals surface area contributed by atoms with Gasteiger partial charge in [-0.3, -0.25) is 4.79 Å². The molecule has 0 aliphatic carbocycles. The van der Waals surface area contributed by atoms with Crippen LogP contribution in [0, 0.1) is 13.8 Å². The number of ether oxygens (including phenoxy) is 1. The fraction of sp³-hybridized carbons (Fsp3) is 0.588. The zero-order valence-corrected chi connectivity index (χ0v) is 14.9. The molecule has 2 rings (SSSR count). The van der Waals surface area contributed by atoms with E-state index in [-0.39, 0.29) is 23.5 Å². The van der Waals surface area contributed by atoms with Crippen molar-refractivity contribution >= 4 is 15.7 Å². The highest BCUT2D eigenvalue weighted by Gasteiger charge is 2.35. The van der Waals surface area contributed by atoms with Crippen molar-refractivity contribution < 1.29 is 17.9 Å². The molecule has 128 valence electrons. The Bertz CT molecular complexity index is 669. The average molecular weight is 339 g/mol. The van der Waals surface area contributed by atoms with Crippen molar-refractivity contribution in [3.8, 4) is 0 Å². The van der Waals surface area contributed by atoms with E-state index in [1.54, 1.807) is 12.0 Å². The van der Waals surface area contributed by atoms with Gasteiger partial charge in [0.25, 0.3) is 5.91 Å². The van der Waals surface area contributed by atoms with Crippen molar-refractivity contribution in [2.75, 3.05) is 31.8 Å². The second kappa shape index (κ2) is 7.45. The fourth-order valence-corrected chi connectivity index (χ4v) is 4.72. The number of benzene rings is 1. The van der Waals surface area contributed by atoms with Crippen molar-refractivity contribution in [3.05, 3.63) is 34.9 Å². The lowest BCUT2D eigenvalue weighted by Gasteiger charge is -2.29. The van der Waals surface area contributed by atoms with Gasteiger partial charge in [0.15, 0.2) is 9.84 Å². The summed E-state index contributed by atoms with van der Waals surface area (Å²) in [6.45, 7) is 4.97. The summed E-state index contributed by atoms with van der Waals surface area (Å²) >= 11 is 0. The molecular weight excluding hydrogens is 314 g/mol. The van der Waals surface area contributed by atoms with Crippen LogP contribution in [0.25, 0.3) is 0 Å². The van der Waals surface area contributed by atoms with Crippen molar-refractivity contribution in [1.82, 2.24) is 4.90 Å². The topological polar surface area (TPSA) is 63.7 Å². The van der Waals surface area contributed by atoms with E-state index in [1.807, 2.05) is 32.0 Å². The van der Waals surface area contributed by atoms with E-state index in [0.717, 1.165) is 11.1 Å². The Labute approximate surface area is 138 Å². The second-order valence-electron chi connectivity index (χ2n) is 6.15. The Morgan fingerprint density at radius 3 is 2.70 bits per heavy atom. The quantitative estimate of drug-likeness (QED) is 0.743. The molecule has 1 saturated heterocycles. The number of sulfone groups is 1. The standard InChI is InChI=1S/C17H25NO4S/c1-13-6-4-7-16(14(13)2)17(19)18(9-5-10-22-3)15-8-11-23(20,21)12-15/h4,6-7,15H,5,8-12H2,1-3H3. The molecule has 1 unspecified atom stereocenters. The number of carbonyl (C=O) groups excluding carboxylic acids is 1. The fourth-order valence-electron chi connectivity index (χ4n) is 2.99. The monoisotopic (exact) mass is 339 g/mol. The molecule has 1 aromatic carbocycles. The van der Waals surface area contributed by atoms with Crippen molar-refractivity contribution in [2.24, 2.45) is 0 Å². The van der Waals surface area contributed by atoms with Gasteiger partial charge in [-0.05, 0) is 43.9 Å². The van der Waals surface area contributed by atoms with Crippen LogP contribution in [0.4, 0.5) is 0 Å². The number of carbonyl (C=O) groups is 1. The molecule has 1 fully saturated rings. The molecule has 1 heterocycles. The van der Waals surface area contributed by atoms with Gasteiger partial charge < -0.3 is 9.64 Å². The molecule has 23 heavy (non-hydrogen) atoms. The SMILES string of the molecule is COCCCN(C(=O)c1cccc(C)c1C)C1CCS(=O)(=O)C1. The van der Waals surface area contributed by atoms with Gasteiger partial charge in [0.2, 0.25) is 0 Å². The zero-order valence-electron chi connectivity index (χ0n) is 14.0. The van der Waals surface area contributed by atoms with E-state index < -0.39 is 9.84 Å². The molecule has 0 radical (unpaired) electrons. The molecular formula is C17H25NO4S. The third-order valence-corrected chi connectivity index (χ3v) is 6.24. The van der Waals surface area contributed by atoms with Crippen LogP contribution in [-0.2, 0) is 14.6 Å². The minimum Gasteiger partial charge on any atom is -0.385 e. The molecule has 1 aromatic rings. The molecule has 0 aromatic heterocycles. The average Bonchev–Trinajstić information content (AvgIpc) is 2.86. The van der Waals surface area contributed by atoms with Gasteiger partial charge in [-0.1, -0.05) is 12.1 Å². The van der Waals surface area contributed by atoms with Crippen LogP contribution in [0.1, 0.15) is 34.3 Å². The number of hydrogen-bond acceptors (Lipinski definition) is 4. The number of rotatable bonds is 6. The Hall–Kier alpha value is -1.40. The van der Waals surface area contributed by atoms with Crippen LogP contribution in [0.2, 0.25) is 0 Å². The molecule has 1 aliphatic heterocycles. The highest BCUT2D eigenvalue weighted by Crippen LogP contribution is 2.22. The number of nitrogens with zero attached hydrogens (tertiary/aromatic N) is 1. The predicted octanol–water partition coefficient (Wildman–Crippen LogP) is 1.97. The lowest BCUT2D eigenvalue weighted by molar-refractivity contribution is 0.0673. The normalized spacial score (nSPS) is 19.7. The maximum absolute atomic E-state index is 13.0. The molecule has 0 N–H and O–H groups in total. The molecule has 6 heteroatoms. The van der Waals surface area contributed by atoms with Crippen LogP contribution < -0.4 is 0 Å². The van der Waals surface area contributed by atoms with Gasteiger partial charge in [-0.25, -0.2) is 8.42 Å². The molecule has 5 nitrogen and oxygen atoms in total. The lowest BCUT2D eigenvalue weighted by Crippen LogP contribution is -2.42. The molecule has 0 bridgehead atoms. The van der Waals surface area contributed by atoms with E-state index >= 15 is 0 Å². The van der Waals surface area contributed by atoms with E-state index in [4.69, 9.17) is 4.74 Å². The Kier molecular flexibility index (Phi) is 5.81. The Morgan fingerprint density at radius 1 is 1.35 bits per heavy atom. The largest absolute Gasteiger partial charge is 0.385 e. The van der Waals surface area contributed by atoms with E-state index in [2.05, 4.69) is 0 Å². The molecule has 1 atom stereocenters. The number of hydrogen-bond donors (Lipinski definition) is 0. The van der Waals surface area contributed by atoms with Gasteiger partial charge in [0.1, 0.15) is 0 Å². The summed E-state index contributed by atoms with van der Waals surface area (Å²) in [6, 6.07) is 5.43. The third kappa shape index (κ3) is 4.32. The van der Waals surface area contributed by atoms with Crippen molar-refractivity contribution in [3.63, 3.8) is 0 Å². The van der Waals surface area contributed by atoms with Crippen molar-refractivity contribution in [2.45, 2.75) is 32.7 Å². The van der Waals surface area contributed by atoms with Gasteiger partial charge in [-0.2, -0.15) is 0 Å². The van der Waals surface area contributed by atoms with Gasteiger partial charge in [0.05, 0.1) is 11.5 Å². The first-order valence-corrected chi connectivity index (χ1v) is 9.74. The maximum atomic E-state index is 13.0. The molecule has 0 saturated carbocycles. The Morgan fingerprint density at radius 2 is 2.09 bits per heavy atom. The molecule has 1 aliphatic rings. The predicted molar refractivity (Wildman–Crippen MR) is 90.5 cm³/mol. The third-order valence-electron chi connectivity index (χ3n) is 4.49. The van der Waals surface area contributed by atoms with Gasteiger partial charge in [0, 0.05) is 31.9 Å². The van der Waals surface area contributed by atoms with Crippen LogP contribution in [0.3, 0.4) is 0 Å². The first kappa shape index (κ1) is 17.9. The highest BCUT2D eigenvalue weighted by atomic mass is 32.2. The number of amides is 1. The summed E-state index contributed by atoms with van der Waals surface area (Å²) in [5, 5.41) is 0. The van der Waals surface area contributed by atoms with Crippen LogP contribution in [0.15, 0.2) is 18.2 Å². The first-order valence-electron chi connectivity index (χ1n) is 7.92. The summed E-state index contributed by atoms with van der Waals surface area (Å²) in [7, 11) is -1.41. The van der Waals surface area contributed by atoms with E-state index in [1.165, 1.54) is 0 Å². The zero-order chi connectivity index (χ0) is 17.0. The Balaban J connectivity index is 2.25. The smallest absolute Gasteiger partial charge is 0.254 e. The molecule has 0 spiro atoms. The summed E-state index contributed by atoms with van der Waals surface area (Å²) in [5.74, 6) is 0.152. The number of methoxy groups -OCH3 is 1. The van der Waals surface area contributed by atoms with Crippen LogP contribution in [-0.4, -0.2) is 57.0 Å². The summed E-state index contributed by atoms with van der Waals surface area (Å²) in [6.07, 6.45) is 1.22. The number of aryl methyl sites for hydroxylation is 1.